The lowest BCUT2D eigenvalue weighted by Crippen LogP contribution is -2.39. The minimum Gasteiger partial charge on any atom is -0.357 e. The van der Waals surface area contributed by atoms with E-state index in [1.807, 2.05) is 20.0 Å². The summed E-state index contributed by atoms with van der Waals surface area (Å²) in [6.45, 7) is 8.03. The first kappa shape index (κ1) is 17.5. The Kier molecular flexibility index (Phi) is 9.57. The monoisotopic (exact) mass is 268 g/mol. The molecule has 0 fully saturated rings. The van der Waals surface area contributed by atoms with Crippen LogP contribution in [0.1, 0.15) is 26.2 Å². The quantitative estimate of drug-likeness (QED) is 0.313. The van der Waals surface area contributed by atoms with E-state index in [-0.39, 0.29) is 5.91 Å². The molecular formula is C14H28N4O. The summed E-state index contributed by atoms with van der Waals surface area (Å²) in [5.74, 6) is 0.965. The van der Waals surface area contributed by atoms with E-state index in [9.17, 15) is 4.79 Å². The Morgan fingerprint density at radius 1 is 1.37 bits per heavy atom. The zero-order chi connectivity index (χ0) is 14.7. The van der Waals surface area contributed by atoms with Gasteiger partial charge in [-0.3, -0.25) is 9.79 Å². The maximum Gasteiger partial charge on any atom is 0.223 e. The third kappa shape index (κ3) is 8.24. The number of nitrogens with one attached hydrogen (secondary N) is 1. The van der Waals surface area contributed by atoms with Gasteiger partial charge in [-0.1, -0.05) is 6.08 Å². The Balaban J connectivity index is 4.27. The SMILES string of the molecule is C=CCCCN(C)C(=NCCC(=O)N(C)C)NCC. The van der Waals surface area contributed by atoms with Crippen molar-refractivity contribution < 1.29 is 4.79 Å². The third-order valence-electron chi connectivity index (χ3n) is 2.68. The van der Waals surface area contributed by atoms with E-state index in [1.54, 1.807) is 19.0 Å². The number of aliphatic imine (C=N–C) groups is 1. The first-order valence-corrected chi connectivity index (χ1v) is 6.83. The van der Waals surface area contributed by atoms with Crippen LogP contribution in [-0.4, -0.2) is 62.4 Å². The molecule has 0 atom stereocenters. The van der Waals surface area contributed by atoms with Crippen LogP contribution in [0.5, 0.6) is 0 Å². The van der Waals surface area contributed by atoms with Crippen molar-refractivity contribution in [2.75, 3.05) is 40.8 Å². The number of guanidine groups is 1. The predicted molar refractivity (Wildman–Crippen MR) is 81.4 cm³/mol. The summed E-state index contributed by atoms with van der Waals surface area (Å²) in [4.78, 5) is 19.6. The average molecular weight is 268 g/mol. The van der Waals surface area contributed by atoms with Crippen molar-refractivity contribution in [2.24, 2.45) is 4.99 Å². The van der Waals surface area contributed by atoms with Gasteiger partial charge in [-0.05, 0) is 19.8 Å². The van der Waals surface area contributed by atoms with Crippen molar-refractivity contribution in [2.45, 2.75) is 26.2 Å². The van der Waals surface area contributed by atoms with Crippen LogP contribution in [0.25, 0.3) is 0 Å². The molecule has 0 radical (unpaired) electrons. The van der Waals surface area contributed by atoms with Crippen molar-refractivity contribution in [3.8, 4) is 0 Å². The Bertz CT molecular complexity index is 300. The van der Waals surface area contributed by atoms with Gasteiger partial charge in [-0.15, -0.1) is 6.58 Å². The van der Waals surface area contributed by atoms with Gasteiger partial charge in [0.1, 0.15) is 0 Å². The second-order valence-corrected chi connectivity index (χ2v) is 4.63. The fraction of sp³-hybridized carbons (Fsp3) is 0.714. The summed E-state index contributed by atoms with van der Waals surface area (Å²) in [6, 6.07) is 0. The largest absolute Gasteiger partial charge is 0.357 e. The van der Waals surface area contributed by atoms with Crippen molar-refractivity contribution in [1.29, 1.82) is 0 Å². The Morgan fingerprint density at radius 2 is 2.05 bits per heavy atom. The van der Waals surface area contributed by atoms with Gasteiger partial charge in [0, 0.05) is 40.7 Å². The topological polar surface area (TPSA) is 47.9 Å². The number of rotatable bonds is 8. The smallest absolute Gasteiger partial charge is 0.223 e. The van der Waals surface area contributed by atoms with Crippen LogP contribution in [0.4, 0.5) is 0 Å². The summed E-state index contributed by atoms with van der Waals surface area (Å²) in [7, 11) is 5.54. The minimum atomic E-state index is 0.105. The lowest BCUT2D eigenvalue weighted by molar-refractivity contribution is -0.128. The fourth-order valence-electron chi connectivity index (χ4n) is 1.53. The van der Waals surface area contributed by atoms with Gasteiger partial charge in [-0.25, -0.2) is 0 Å². The van der Waals surface area contributed by atoms with E-state index in [2.05, 4.69) is 21.8 Å². The number of amides is 1. The van der Waals surface area contributed by atoms with E-state index in [1.165, 1.54) is 0 Å². The molecule has 0 aliphatic heterocycles. The lowest BCUT2D eigenvalue weighted by atomic mass is 10.3. The molecule has 5 nitrogen and oxygen atoms in total. The predicted octanol–water partition coefficient (Wildman–Crippen LogP) is 1.33. The van der Waals surface area contributed by atoms with Crippen LogP contribution in [-0.2, 0) is 4.79 Å². The maximum absolute atomic E-state index is 11.5. The van der Waals surface area contributed by atoms with Gasteiger partial charge in [0.15, 0.2) is 5.96 Å². The minimum absolute atomic E-state index is 0.105. The fourth-order valence-corrected chi connectivity index (χ4v) is 1.53. The summed E-state index contributed by atoms with van der Waals surface area (Å²) in [6.07, 6.45) is 4.43. The van der Waals surface area contributed by atoms with Gasteiger partial charge in [0.05, 0.1) is 6.54 Å². The molecule has 0 bridgehead atoms. The summed E-state index contributed by atoms with van der Waals surface area (Å²) < 4.78 is 0. The van der Waals surface area contributed by atoms with Crippen molar-refractivity contribution in [3.05, 3.63) is 12.7 Å². The second kappa shape index (κ2) is 10.4. The van der Waals surface area contributed by atoms with Gasteiger partial charge >= 0.3 is 0 Å². The van der Waals surface area contributed by atoms with E-state index in [4.69, 9.17) is 0 Å². The number of unbranched alkanes of at least 4 members (excludes halogenated alkanes) is 1. The van der Waals surface area contributed by atoms with Crippen LogP contribution in [0.15, 0.2) is 17.6 Å². The Morgan fingerprint density at radius 3 is 2.58 bits per heavy atom. The zero-order valence-electron chi connectivity index (χ0n) is 12.8. The second-order valence-electron chi connectivity index (χ2n) is 4.63. The van der Waals surface area contributed by atoms with E-state index >= 15 is 0 Å². The summed E-state index contributed by atoms with van der Waals surface area (Å²) in [5.41, 5.74) is 0. The molecule has 19 heavy (non-hydrogen) atoms. The van der Waals surface area contributed by atoms with Crippen LogP contribution in [0, 0.1) is 0 Å². The number of carbonyl (C=O) groups is 1. The first-order valence-electron chi connectivity index (χ1n) is 6.83. The van der Waals surface area contributed by atoms with Gasteiger partial charge in [-0.2, -0.15) is 0 Å². The highest BCUT2D eigenvalue weighted by atomic mass is 16.2. The molecule has 0 aliphatic rings. The van der Waals surface area contributed by atoms with E-state index in [0.717, 1.165) is 31.9 Å². The Hall–Kier alpha value is -1.52. The Labute approximate surface area is 117 Å². The van der Waals surface area contributed by atoms with Crippen LogP contribution < -0.4 is 5.32 Å². The molecule has 0 unspecified atom stereocenters. The molecule has 0 aliphatic carbocycles. The van der Waals surface area contributed by atoms with Crippen LogP contribution in [0.3, 0.4) is 0 Å². The number of allylic oxidation sites excluding steroid dienone is 1. The van der Waals surface area contributed by atoms with Crippen LogP contribution >= 0.6 is 0 Å². The van der Waals surface area contributed by atoms with Crippen molar-refractivity contribution >= 4 is 11.9 Å². The molecule has 1 N–H and O–H groups in total. The standard InChI is InChI=1S/C14H28N4O/c1-6-8-9-12-18(5)14(15-7-2)16-11-10-13(19)17(3)4/h6H,1,7-12H2,2-5H3,(H,15,16). The summed E-state index contributed by atoms with van der Waals surface area (Å²) >= 11 is 0. The molecule has 0 heterocycles. The summed E-state index contributed by atoms with van der Waals surface area (Å²) in [5, 5.41) is 3.24. The maximum atomic E-state index is 11.5. The zero-order valence-corrected chi connectivity index (χ0v) is 12.8. The van der Waals surface area contributed by atoms with E-state index < -0.39 is 0 Å². The molecule has 0 aromatic heterocycles. The lowest BCUT2D eigenvalue weighted by Gasteiger charge is -2.21. The molecule has 0 rings (SSSR count). The molecule has 0 saturated carbocycles. The number of nitrogens with zero attached hydrogens (tertiary/aromatic N) is 3. The third-order valence-corrected chi connectivity index (χ3v) is 2.68. The molecule has 5 heteroatoms. The first-order chi connectivity index (χ1) is 9.02. The number of hydrogen-bond acceptors (Lipinski definition) is 2. The van der Waals surface area contributed by atoms with Gasteiger partial charge in [0.2, 0.25) is 5.91 Å². The highest BCUT2D eigenvalue weighted by molar-refractivity contribution is 5.80. The molecule has 0 aromatic rings. The van der Waals surface area contributed by atoms with Crippen molar-refractivity contribution in [1.82, 2.24) is 15.1 Å². The molecular weight excluding hydrogens is 240 g/mol. The van der Waals surface area contributed by atoms with Crippen molar-refractivity contribution in [3.63, 3.8) is 0 Å². The highest BCUT2D eigenvalue weighted by Gasteiger charge is 2.06. The molecule has 110 valence electrons. The normalized spacial score (nSPS) is 11.1. The number of carbonyl (C=O) groups excluding carboxylic acids is 1. The average Bonchev–Trinajstić information content (AvgIpc) is 2.37. The highest BCUT2D eigenvalue weighted by Crippen LogP contribution is 1.96. The number of hydrogen-bond donors (Lipinski definition) is 1. The molecule has 1 amide bonds. The molecule has 0 aromatic carbocycles. The van der Waals surface area contributed by atoms with Gasteiger partial charge < -0.3 is 15.1 Å². The van der Waals surface area contributed by atoms with Crippen LogP contribution in [0.2, 0.25) is 0 Å². The molecule has 0 saturated heterocycles. The van der Waals surface area contributed by atoms with Gasteiger partial charge in [0.25, 0.3) is 0 Å². The van der Waals surface area contributed by atoms with E-state index in [0.29, 0.717) is 13.0 Å². The molecule has 0 spiro atoms.